The second kappa shape index (κ2) is 12.0. The van der Waals surface area contributed by atoms with Gasteiger partial charge in [0.05, 0.1) is 17.6 Å². The number of benzene rings is 3. The molecule has 3 aromatic carbocycles. The van der Waals surface area contributed by atoms with Gasteiger partial charge in [0.2, 0.25) is 0 Å². The zero-order valence-corrected chi connectivity index (χ0v) is 21.1. The molecule has 0 saturated heterocycles. The van der Waals surface area contributed by atoms with Crippen molar-refractivity contribution in [3.05, 3.63) is 100 Å². The first-order valence-electron chi connectivity index (χ1n) is 11.6. The van der Waals surface area contributed by atoms with Crippen molar-refractivity contribution in [1.82, 2.24) is 20.1 Å². The molecule has 0 aliphatic rings. The van der Waals surface area contributed by atoms with Crippen LogP contribution in [0.15, 0.2) is 84.0 Å². The Hall–Kier alpha value is -4.38. The predicted molar refractivity (Wildman–Crippen MR) is 142 cm³/mol. The van der Waals surface area contributed by atoms with E-state index >= 15 is 0 Å². The molecule has 0 saturated carbocycles. The van der Waals surface area contributed by atoms with Gasteiger partial charge < -0.3 is 15.4 Å². The van der Waals surface area contributed by atoms with E-state index in [1.54, 1.807) is 47.9 Å². The lowest BCUT2D eigenvalue weighted by atomic mass is 10.2. The summed E-state index contributed by atoms with van der Waals surface area (Å²) < 4.78 is 7.23. The topological polar surface area (TPSA) is 124 Å². The number of rotatable bonds is 10. The van der Waals surface area contributed by atoms with Crippen LogP contribution in [-0.2, 0) is 5.75 Å². The molecule has 10 nitrogen and oxygen atoms in total. The van der Waals surface area contributed by atoms with Crippen molar-refractivity contribution >= 4 is 29.2 Å². The number of ether oxygens (including phenoxy) is 1. The second-order valence-corrected chi connectivity index (χ2v) is 8.94. The first kappa shape index (κ1) is 25.7. The number of carbonyl (C=O) groups is 1. The first-order chi connectivity index (χ1) is 17.9. The molecule has 0 aliphatic carbocycles. The van der Waals surface area contributed by atoms with E-state index in [-0.39, 0.29) is 5.69 Å². The van der Waals surface area contributed by atoms with Crippen LogP contribution >= 0.6 is 11.8 Å². The fraction of sp³-hybridized carbons (Fsp3) is 0.192. The summed E-state index contributed by atoms with van der Waals surface area (Å²) in [5.74, 6) is 1.87. The van der Waals surface area contributed by atoms with Crippen LogP contribution < -0.4 is 15.4 Å². The number of urea groups is 1. The van der Waals surface area contributed by atoms with Crippen molar-refractivity contribution < 1.29 is 14.5 Å². The third-order valence-electron chi connectivity index (χ3n) is 5.35. The summed E-state index contributed by atoms with van der Waals surface area (Å²) in [4.78, 5) is 23.4. The van der Waals surface area contributed by atoms with E-state index in [0.717, 1.165) is 11.3 Å². The summed E-state index contributed by atoms with van der Waals surface area (Å²) >= 11 is 1.49. The lowest BCUT2D eigenvalue weighted by Gasteiger charge is -2.17. The summed E-state index contributed by atoms with van der Waals surface area (Å²) in [6, 6.07) is 22.2. The third kappa shape index (κ3) is 6.64. The molecule has 2 amide bonds. The Balaban J connectivity index is 1.54. The average molecular weight is 519 g/mol. The number of nitrogens with one attached hydrogen (secondary N) is 2. The van der Waals surface area contributed by atoms with Crippen LogP contribution in [0.3, 0.4) is 0 Å². The van der Waals surface area contributed by atoms with Crippen molar-refractivity contribution in [2.45, 2.75) is 30.8 Å². The van der Waals surface area contributed by atoms with E-state index in [1.165, 1.54) is 23.9 Å². The summed E-state index contributed by atoms with van der Waals surface area (Å²) in [6.07, 6.45) is 0. The van der Waals surface area contributed by atoms with Gasteiger partial charge in [-0.3, -0.25) is 14.7 Å². The van der Waals surface area contributed by atoms with Gasteiger partial charge in [-0.15, -0.1) is 10.2 Å². The molecule has 190 valence electrons. The van der Waals surface area contributed by atoms with Crippen molar-refractivity contribution in [3.63, 3.8) is 0 Å². The minimum Gasteiger partial charge on any atom is -0.494 e. The zero-order chi connectivity index (χ0) is 26.2. The summed E-state index contributed by atoms with van der Waals surface area (Å²) in [5, 5.41) is 26.1. The largest absolute Gasteiger partial charge is 0.494 e. The smallest absolute Gasteiger partial charge is 0.319 e. The number of aromatic nitrogens is 3. The molecule has 1 atom stereocenters. The molecular weight excluding hydrogens is 492 g/mol. The number of nitro groups is 1. The van der Waals surface area contributed by atoms with Crippen LogP contribution in [0.5, 0.6) is 5.75 Å². The maximum Gasteiger partial charge on any atom is 0.319 e. The van der Waals surface area contributed by atoms with Crippen molar-refractivity contribution in [2.24, 2.45) is 0 Å². The molecule has 1 aromatic heterocycles. The molecule has 0 fully saturated rings. The van der Waals surface area contributed by atoms with Gasteiger partial charge in [0, 0.05) is 29.3 Å². The van der Waals surface area contributed by atoms with Crippen LogP contribution in [-0.4, -0.2) is 32.3 Å². The lowest BCUT2D eigenvalue weighted by Crippen LogP contribution is -2.32. The van der Waals surface area contributed by atoms with Crippen LogP contribution in [0.4, 0.5) is 16.2 Å². The van der Waals surface area contributed by atoms with Gasteiger partial charge >= 0.3 is 6.03 Å². The molecule has 4 rings (SSSR count). The average Bonchev–Trinajstić information content (AvgIpc) is 3.33. The molecule has 37 heavy (non-hydrogen) atoms. The van der Waals surface area contributed by atoms with E-state index in [9.17, 15) is 14.9 Å². The zero-order valence-electron chi connectivity index (χ0n) is 20.3. The highest BCUT2D eigenvalue weighted by atomic mass is 32.2. The van der Waals surface area contributed by atoms with Crippen molar-refractivity contribution in [1.29, 1.82) is 0 Å². The van der Waals surface area contributed by atoms with E-state index in [2.05, 4.69) is 20.8 Å². The Morgan fingerprint density at radius 3 is 2.41 bits per heavy atom. The molecule has 0 aliphatic heterocycles. The first-order valence-corrected chi connectivity index (χ1v) is 12.6. The van der Waals surface area contributed by atoms with Crippen LogP contribution in [0.2, 0.25) is 0 Å². The fourth-order valence-electron chi connectivity index (χ4n) is 3.57. The van der Waals surface area contributed by atoms with Crippen LogP contribution in [0.1, 0.15) is 31.3 Å². The Morgan fingerprint density at radius 2 is 1.76 bits per heavy atom. The number of non-ortho nitro benzene ring substituents is 1. The van der Waals surface area contributed by atoms with Gasteiger partial charge in [-0.25, -0.2) is 4.79 Å². The number of hydrogen-bond donors (Lipinski definition) is 2. The second-order valence-electron chi connectivity index (χ2n) is 8.00. The van der Waals surface area contributed by atoms with E-state index in [0.29, 0.717) is 34.7 Å². The normalized spacial score (nSPS) is 11.5. The Bertz CT molecular complexity index is 1340. The molecule has 4 aromatic rings. The van der Waals surface area contributed by atoms with Gasteiger partial charge in [-0.1, -0.05) is 42.1 Å². The fourth-order valence-corrected chi connectivity index (χ4v) is 4.49. The monoisotopic (exact) mass is 518 g/mol. The highest BCUT2D eigenvalue weighted by molar-refractivity contribution is 7.98. The van der Waals surface area contributed by atoms with Gasteiger partial charge in [0.25, 0.3) is 5.69 Å². The molecule has 11 heteroatoms. The molecule has 0 spiro atoms. The Labute approximate surface area is 218 Å². The summed E-state index contributed by atoms with van der Waals surface area (Å²) in [6.45, 7) is 4.27. The number of nitro benzene ring substituents is 1. The van der Waals surface area contributed by atoms with Crippen molar-refractivity contribution in [3.8, 4) is 11.4 Å². The molecule has 1 heterocycles. The van der Waals surface area contributed by atoms with Crippen molar-refractivity contribution in [2.75, 3.05) is 11.9 Å². The highest BCUT2D eigenvalue weighted by Gasteiger charge is 2.22. The number of amides is 2. The highest BCUT2D eigenvalue weighted by Crippen LogP contribution is 2.28. The minimum atomic E-state index is -0.517. The number of nitrogens with zero attached hydrogens (tertiary/aromatic N) is 4. The van der Waals surface area contributed by atoms with Gasteiger partial charge in [-0.2, -0.15) is 0 Å². The predicted octanol–water partition coefficient (Wildman–Crippen LogP) is 5.75. The molecule has 0 radical (unpaired) electrons. The maximum atomic E-state index is 12.7. The van der Waals surface area contributed by atoms with E-state index in [4.69, 9.17) is 4.74 Å². The van der Waals surface area contributed by atoms with Gasteiger partial charge in [0.1, 0.15) is 5.75 Å². The van der Waals surface area contributed by atoms with E-state index in [1.807, 2.05) is 37.3 Å². The standard InChI is InChI=1S/C26H26N6O4S/c1-3-36-23-15-9-20(10-16-23)28-25(33)27-18(2)24-29-30-26(37-17-19-7-5-4-6-8-19)31(24)21-11-13-22(14-12-21)32(34)35/h4-16,18H,3,17H2,1-2H3,(H2,27,28,33). The number of thioether (sulfide) groups is 1. The Morgan fingerprint density at radius 1 is 1.05 bits per heavy atom. The maximum absolute atomic E-state index is 12.7. The van der Waals surface area contributed by atoms with Gasteiger partial charge in [0.15, 0.2) is 11.0 Å². The lowest BCUT2D eigenvalue weighted by molar-refractivity contribution is -0.384. The summed E-state index contributed by atoms with van der Waals surface area (Å²) in [5.41, 5.74) is 2.37. The van der Waals surface area contributed by atoms with Crippen LogP contribution in [0.25, 0.3) is 5.69 Å². The number of carbonyl (C=O) groups excluding carboxylic acids is 1. The number of anilines is 1. The quantitative estimate of drug-likeness (QED) is 0.156. The SMILES string of the molecule is CCOc1ccc(NC(=O)NC(C)c2nnc(SCc3ccccc3)n2-c2ccc([N+](=O)[O-])cc2)cc1. The minimum absolute atomic E-state index is 0.0160. The molecule has 1 unspecified atom stereocenters. The number of hydrogen-bond acceptors (Lipinski definition) is 7. The molecule has 0 bridgehead atoms. The Kier molecular flexibility index (Phi) is 8.37. The van der Waals surface area contributed by atoms with E-state index < -0.39 is 17.0 Å². The van der Waals surface area contributed by atoms with Crippen LogP contribution in [0, 0.1) is 10.1 Å². The molecule has 2 N–H and O–H groups in total. The van der Waals surface area contributed by atoms with Gasteiger partial charge in [-0.05, 0) is 55.8 Å². The third-order valence-corrected chi connectivity index (χ3v) is 6.35. The molecular formula is C26H26N6O4S. The summed E-state index contributed by atoms with van der Waals surface area (Å²) in [7, 11) is 0.